The minimum Gasteiger partial charge on any atom is -0.494 e. The number of methoxy groups -OCH3 is 3. The molecule has 1 aliphatic heterocycles. The van der Waals surface area contributed by atoms with Crippen LogP contribution in [0.2, 0.25) is 0 Å². The van der Waals surface area contributed by atoms with E-state index < -0.39 is 0 Å². The first-order valence-electron chi connectivity index (χ1n) is 11.1. The lowest BCUT2D eigenvalue weighted by Gasteiger charge is -2.34. The maximum atomic E-state index is 13.4. The Morgan fingerprint density at radius 1 is 0.879 bits per heavy atom. The van der Waals surface area contributed by atoms with Crippen molar-refractivity contribution in [1.82, 2.24) is 5.32 Å². The number of rotatable bonds is 7. The zero-order valence-corrected chi connectivity index (χ0v) is 19.4. The average molecular weight is 452 g/mol. The lowest BCUT2D eigenvalue weighted by molar-refractivity contribution is -0.122. The molecule has 0 bridgehead atoms. The van der Waals surface area contributed by atoms with Crippen LogP contribution in [0.3, 0.4) is 0 Å². The van der Waals surface area contributed by atoms with Gasteiger partial charge in [-0.3, -0.25) is 9.59 Å². The smallest absolute Gasteiger partial charge is 0.225 e. The fraction of sp³-hybridized carbons (Fsp3) is 0.385. The van der Waals surface area contributed by atoms with E-state index >= 15 is 0 Å². The molecular formula is C26H29NO6. The van der Waals surface area contributed by atoms with Gasteiger partial charge >= 0.3 is 0 Å². The van der Waals surface area contributed by atoms with E-state index in [-0.39, 0.29) is 29.9 Å². The van der Waals surface area contributed by atoms with E-state index in [2.05, 4.69) is 5.32 Å². The molecule has 0 radical (unpaired) electrons. The number of nitrogens with one attached hydrogen (secondary N) is 1. The van der Waals surface area contributed by atoms with Crippen LogP contribution in [0.4, 0.5) is 0 Å². The molecule has 0 aromatic heterocycles. The Balaban J connectivity index is 1.70. The molecule has 0 saturated carbocycles. The minimum absolute atomic E-state index is 0.00548. The molecule has 1 heterocycles. The highest BCUT2D eigenvalue weighted by Gasteiger charge is 2.38. The molecule has 7 heteroatoms. The van der Waals surface area contributed by atoms with Crippen LogP contribution < -0.4 is 24.3 Å². The second kappa shape index (κ2) is 9.57. The highest BCUT2D eigenvalue weighted by molar-refractivity contribution is 6.02. The Morgan fingerprint density at radius 2 is 1.55 bits per heavy atom. The van der Waals surface area contributed by atoms with Gasteiger partial charge in [0.2, 0.25) is 11.7 Å². The molecule has 7 nitrogen and oxygen atoms in total. The van der Waals surface area contributed by atoms with Crippen LogP contribution in [-0.2, 0) is 9.59 Å². The Kier molecular flexibility index (Phi) is 6.58. The largest absolute Gasteiger partial charge is 0.494 e. The fourth-order valence-electron chi connectivity index (χ4n) is 4.79. The Bertz CT molecular complexity index is 1060. The number of hydrogen-bond donors (Lipinski definition) is 1. The number of carbonyl (C=O) groups excluding carboxylic acids is 2. The molecule has 0 unspecified atom stereocenters. The molecule has 174 valence electrons. The van der Waals surface area contributed by atoms with Crippen LogP contribution >= 0.6 is 0 Å². The average Bonchev–Trinajstić information content (AvgIpc) is 2.82. The van der Waals surface area contributed by atoms with Gasteiger partial charge in [-0.2, -0.15) is 0 Å². The summed E-state index contributed by atoms with van der Waals surface area (Å²) < 4.78 is 21.9. The summed E-state index contributed by atoms with van der Waals surface area (Å²) in [4.78, 5) is 26.0. The molecule has 2 aromatic rings. The summed E-state index contributed by atoms with van der Waals surface area (Å²) in [6, 6.07) is 11.5. The number of carbonyl (C=O) groups is 2. The van der Waals surface area contributed by atoms with Crippen molar-refractivity contribution in [2.24, 2.45) is 0 Å². The standard InChI is InChI=1S/C26H29NO6/c1-5-33-18-8-6-15(7-9-18)16-10-20-25(21(28)11-16)19(14-24(29)27-20)17-12-22(30-2)26(32-4)23(13-17)31-3/h6-9,12-13,16,19H,5,10-11,14H2,1-4H3,(H,27,29)/t16-,19+/m0/s1. The number of allylic oxidation sites excluding steroid dienone is 2. The number of hydrogen-bond acceptors (Lipinski definition) is 6. The molecule has 0 spiro atoms. The maximum Gasteiger partial charge on any atom is 0.225 e. The van der Waals surface area contributed by atoms with Crippen molar-refractivity contribution in [3.8, 4) is 23.0 Å². The van der Waals surface area contributed by atoms with Gasteiger partial charge in [-0.15, -0.1) is 0 Å². The van der Waals surface area contributed by atoms with Crippen molar-refractivity contribution in [1.29, 1.82) is 0 Å². The third-order valence-corrected chi connectivity index (χ3v) is 6.29. The van der Waals surface area contributed by atoms with Crippen LogP contribution in [0, 0.1) is 0 Å². The van der Waals surface area contributed by atoms with E-state index in [0.29, 0.717) is 48.0 Å². The topological polar surface area (TPSA) is 83.1 Å². The van der Waals surface area contributed by atoms with Gasteiger partial charge in [0.1, 0.15) is 5.75 Å². The molecule has 33 heavy (non-hydrogen) atoms. The molecular weight excluding hydrogens is 422 g/mol. The third-order valence-electron chi connectivity index (χ3n) is 6.29. The van der Waals surface area contributed by atoms with Crippen LogP contribution in [0.1, 0.15) is 49.1 Å². The lowest BCUT2D eigenvalue weighted by Crippen LogP contribution is -2.38. The van der Waals surface area contributed by atoms with Crippen LogP contribution in [0.25, 0.3) is 0 Å². The summed E-state index contributed by atoms with van der Waals surface area (Å²) in [7, 11) is 4.64. The second-order valence-corrected chi connectivity index (χ2v) is 8.19. The quantitative estimate of drug-likeness (QED) is 0.682. The first kappa shape index (κ1) is 22.7. The zero-order chi connectivity index (χ0) is 23.5. The van der Waals surface area contributed by atoms with Crippen LogP contribution in [-0.4, -0.2) is 39.6 Å². The van der Waals surface area contributed by atoms with E-state index in [0.717, 1.165) is 16.9 Å². The molecule has 0 saturated heterocycles. The zero-order valence-electron chi connectivity index (χ0n) is 19.4. The predicted octanol–water partition coefficient (Wildman–Crippen LogP) is 4.12. The molecule has 0 fully saturated rings. The Hall–Kier alpha value is -3.48. The summed E-state index contributed by atoms with van der Waals surface area (Å²) in [6.07, 6.45) is 1.18. The van der Waals surface area contributed by atoms with Crippen LogP contribution in [0.5, 0.6) is 23.0 Å². The molecule has 4 rings (SSSR count). The highest BCUT2D eigenvalue weighted by atomic mass is 16.5. The highest BCUT2D eigenvalue weighted by Crippen LogP contribution is 2.46. The van der Waals surface area contributed by atoms with Gasteiger partial charge in [0, 0.05) is 30.0 Å². The molecule has 1 N–H and O–H groups in total. The second-order valence-electron chi connectivity index (χ2n) is 8.19. The number of ketones is 1. The van der Waals surface area contributed by atoms with E-state index in [4.69, 9.17) is 18.9 Å². The molecule has 2 atom stereocenters. The van der Waals surface area contributed by atoms with Crippen molar-refractivity contribution in [3.63, 3.8) is 0 Å². The summed E-state index contributed by atoms with van der Waals surface area (Å²) in [5.41, 5.74) is 3.23. The van der Waals surface area contributed by atoms with Gasteiger partial charge in [0.15, 0.2) is 17.3 Å². The molecule has 1 amide bonds. The number of Topliss-reactive ketones (excluding diaryl/α,β-unsaturated/α-hetero) is 1. The molecule has 1 aliphatic carbocycles. The van der Waals surface area contributed by atoms with E-state index in [9.17, 15) is 9.59 Å². The Morgan fingerprint density at radius 3 is 2.12 bits per heavy atom. The molecule has 2 aromatic carbocycles. The van der Waals surface area contributed by atoms with Gasteiger partial charge in [-0.25, -0.2) is 0 Å². The van der Waals surface area contributed by atoms with Crippen molar-refractivity contribution in [2.75, 3.05) is 27.9 Å². The van der Waals surface area contributed by atoms with Crippen molar-refractivity contribution in [3.05, 3.63) is 58.8 Å². The van der Waals surface area contributed by atoms with Crippen molar-refractivity contribution >= 4 is 11.7 Å². The summed E-state index contributed by atoms with van der Waals surface area (Å²) in [5.74, 6) is 1.86. The van der Waals surface area contributed by atoms with E-state index in [1.54, 1.807) is 21.3 Å². The van der Waals surface area contributed by atoms with E-state index in [1.807, 2.05) is 43.3 Å². The Labute approximate surface area is 193 Å². The first-order chi connectivity index (χ1) is 16.0. The minimum atomic E-state index is -0.365. The van der Waals surface area contributed by atoms with Gasteiger partial charge in [-0.1, -0.05) is 12.1 Å². The molecule has 2 aliphatic rings. The SMILES string of the molecule is CCOc1ccc([C@@H]2CC(=O)C3=C(C2)NC(=O)C[C@@H]3c2cc(OC)c(OC)c(OC)c2)cc1. The van der Waals surface area contributed by atoms with Crippen molar-refractivity contribution < 1.29 is 28.5 Å². The summed E-state index contributed by atoms with van der Waals surface area (Å²) in [5, 5.41) is 2.97. The van der Waals surface area contributed by atoms with Gasteiger partial charge < -0.3 is 24.3 Å². The van der Waals surface area contributed by atoms with Crippen molar-refractivity contribution in [2.45, 2.75) is 38.0 Å². The monoisotopic (exact) mass is 451 g/mol. The summed E-state index contributed by atoms with van der Waals surface area (Å²) in [6.45, 7) is 2.55. The summed E-state index contributed by atoms with van der Waals surface area (Å²) >= 11 is 0. The fourth-order valence-corrected chi connectivity index (χ4v) is 4.79. The maximum absolute atomic E-state index is 13.4. The lowest BCUT2D eigenvalue weighted by atomic mass is 9.73. The normalized spacial score (nSPS) is 20.1. The number of ether oxygens (including phenoxy) is 4. The first-order valence-corrected chi connectivity index (χ1v) is 11.1. The van der Waals surface area contributed by atoms with E-state index in [1.165, 1.54) is 0 Å². The van der Waals surface area contributed by atoms with Gasteiger partial charge in [-0.05, 0) is 54.7 Å². The number of benzene rings is 2. The predicted molar refractivity (Wildman–Crippen MR) is 123 cm³/mol. The van der Waals surface area contributed by atoms with Gasteiger partial charge in [0.25, 0.3) is 0 Å². The third kappa shape index (κ3) is 4.40. The number of amides is 1. The van der Waals surface area contributed by atoms with Crippen LogP contribution in [0.15, 0.2) is 47.7 Å². The van der Waals surface area contributed by atoms with Gasteiger partial charge in [0.05, 0.1) is 27.9 Å².